The Hall–Kier alpha value is -2.35. The van der Waals surface area contributed by atoms with Crippen molar-refractivity contribution >= 4 is 28.2 Å². The van der Waals surface area contributed by atoms with Crippen molar-refractivity contribution in [1.29, 1.82) is 0 Å². The highest BCUT2D eigenvalue weighted by atomic mass is 32.1. The van der Waals surface area contributed by atoms with Gasteiger partial charge in [0.25, 0.3) is 0 Å². The molecule has 0 saturated carbocycles. The van der Waals surface area contributed by atoms with Crippen molar-refractivity contribution in [1.82, 2.24) is 14.9 Å². The predicted molar refractivity (Wildman–Crippen MR) is 112 cm³/mol. The van der Waals surface area contributed by atoms with Crippen LogP contribution in [0.1, 0.15) is 24.8 Å². The molecule has 4 rings (SSSR count). The van der Waals surface area contributed by atoms with Crippen LogP contribution in [0.4, 0.5) is 10.9 Å². The van der Waals surface area contributed by atoms with Gasteiger partial charge in [-0.1, -0.05) is 0 Å². The molecule has 0 aromatic carbocycles. The second kappa shape index (κ2) is 8.56. The number of piperidine rings is 1. The molecule has 2 aromatic rings. The SMILES string of the molecule is NC(=NCc1ccnc(N2CCCCC2)c1)N1CCN(c2nccs2)CC1. The van der Waals surface area contributed by atoms with Gasteiger partial charge in [-0.15, -0.1) is 11.3 Å². The zero-order chi connectivity index (χ0) is 18.5. The fourth-order valence-corrected chi connectivity index (χ4v) is 4.32. The number of nitrogens with two attached hydrogens (primary N) is 1. The maximum Gasteiger partial charge on any atom is 0.191 e. The Balaban J connectivity index is 1.33. The van der Waals surface area contributed by atoms with Crippen LogP contribution in [0.5, 0.6) is 0 Å². The van der Waals surface area contributed by atoms with E-state index in [2.05, 4.69) is 35.7 Å². The highest BCUT2D eigenvalue weighted by Gasteiger charge is 2.19. The molecule has 0 unspecified atom stereocenters. The Morgan fingerprint density at radius 3 is 2.56 bits per heavy atom. The van der Waals surface area contributed by atoms with Gasteiger partial charge >= 0.3 is 0 Å². The molecule has 2 aliphatic heterocycles. The summed E-state index contributed by atoms with van der Waals surface area (Å²) in [6.45, 7) is 6.42. The van der Waals surface area contributed by atoms with Crippen molar-refractivity contribution in [2.24, 2.45) is 10.7 Å². The lowest BCUT2D eigenvalue weighted by atomic mass is 10.1. The molecule has 2 saturated heterocycles. The van der Waals surface area contributed by atoms with Crippen molar-refractivity contribution in [3.63, 3.8) is 0 Å². The molecule has 27 heavy (non-hydrogen) atoms. The molecule has 2 fully saturated rings. The third-order valence-electron chi connectivity index (χ3n) is 5.21. The highest BCUT2D eigenvalue weighted by Crippen LogP contribution is 2.20. The molecule has 0 bridgehead atoms. The van der Waals surface area contributed by atoms with E-state index < -0.39 is 0 Å². The van der Waals surface area contributed by atoms with E-state index in [1.807, 2.05) is 23.8 Å². The van der Waals surface area contributed by atoms with Gasteiger partial charge in [-0.05, 0) is 37.0 Å². The number of aliphatic imine (C=N–C) groups is 1. The van der Waals surface area contributed by atoms with Crippen molar-refractivity contribution in [3.05, 3.63) is 35.5 Å². The van der Waals surface area contributed by atoms with E-state index in [1.54, 1.807) is 11.3 Å². The van der Waals surface area contributed by atoms with Crippen LogP contribution in [0.2, 0.25) is 0 Å². The van der Waals surface area contributed by atoms with Crippen LogP contribution in [0, 0.1) is 0 Å². The lowest BCUT2D eigenvalue weighted by Crippen LogP contribution is -2.51. The van der Waals surface area contributed by atoms with Crippen LogP contribution < -0.4 is 15.5 Å². The van der Waals surface area contributed by atoms with Crippen LogP contribution in [0.15, 0.2) is 34.9 Å². The minimum absolute atomic E-state index is 0.599. The van der Waals surface area contributed by atoms with Crippen molar-refractivity contribution in [2.45, 2.75) is 25.8 Å². The Labute approximate surface area is 164 Å². The molecule has 0 aliphatic carbocycles. The summed E-state index contributed by atoms with van der Waals surface area (Å²) in [4.78, 5) is 20.4. The average molecular weight is 386 g/mol. The van der Waals surface area contributed by atoms with E-state index in [0.29, 0.717) is 12.5 Å². The molecular weight excluding hydrogens is 358 g/mol. The lowest BCUT2D eigenvalue weighted by Gasteiger charge is -2.35. The third kappa shape index (κ3) is 4.50. The second-order valence-corrected chi connectivity index (χ2v) is 7.91. The maximum atomic E-state index is 6.26. The quantitative estimate of drug-likeness (QED) is 0.642. The van der Waals surface area contributed by atoms with E-state index in [4.69, 9.17) is 5.73 Å². The number of rotatable bonds is 4. The molecule has 0 spiro atoms. The molecule has 0 radical (unpaired) electrons. The largest absolute Gasteiger partial charge is 0.370 e. The van der Waals surface area contributed by atoms with Crippen LogP contribution >= 0.6 is 11.3 Å². The molecule has 0 amide bonds. The van der Waals surface area contributed by atoms with Crippen molar-refractivity contribution in [3.8, 4) is 0 Å². The Kier molecular flexibility index (Phi) is 5.72. The number of piperazine rings is 1. The number of hydrogen-bond donors (Lipinski definition) is 1. The van der Waals surface area contributed by atoms with Gasteiger partial charge in [-0.2, -0.15) is 0 Å². The third-order valence-corrected chi connectivity index (χ3v) is 6.04. The summed E-state index contributed by atoms with van der Waals surface area (Å²) in [7, 11) is 0. The standard InChI is InChI=1S/C19H27N7S/c20-18(25-9-11-26(12-10-25)19-22-6-13-27-19)23-15-16-4-5-21-17(14-16)24-7-2-1-3-8-24/h4-6,13-14H,1-3,7-12,15H2,(H2,20,23). The topological polar surface area (TPSA) is 73.9 Å². The van der Waals surface area contributed by atoms with E-state index >= 15 is 0 Å². The lowest BCUT2D eigenvalue weighted by molar-refractivity contribution is 0.380. The molecule has 7 nitrogen and oxygen atoms in total. The number of hydrogen-bond acceptors (Lipinski definition) is 6. The Morgan fingerprint density at radius 2 is 1.81 bits per heavy atom. The van der Waals surface area contributed by atoms with Crippen molar-refractivity contribution in [2.75, 3.05) is 49.1 Å². The number of anilines is 2. The van der Waals surface area contributed by atoms with E-state index in [9.17, 15) is 0 Å². The molecule has 4 heterocycles. The first-order chi connectivity index (χ1) is 13.3. The number of nitrogens with zero attached hydrogens (tertiary/aromatic N) is 6. The minimum atomic E-state index is 0.599. The molecule has 0 atom stereocenters. The molecule has 2 N–H and O–H groups in total. The fourth-order valence-electron chi connectivity index (χ4n) is 3.63. The van der Waals surface area contributed by atoms with Gasteiger partial charge in [0, 0.05) is 57.0 Å². The van der Waals surface area contributed by atoms with E-state index in [0.717, 1.165) is 55.8 Å². The normalized spacial score (nSPS) is 18.8. The first-order valence-electron chi connectivity index (χ1n) is 9.69. The molecule has 2 aromatic heterocycles. The Bertz CT molecular complexity index is 747. The van der Waals surface area contributed by atoms with Crippen molar-refractivity contribution < 1.29 is 0 Å². The number of guanidine groups is 1. The summed E-state index contributed by atoms with van der Waals surface area (Å²) in [5.41, 5.74) is 7.42. The summed E-state index contributed by atoms with van der Waals surface area (Å²) in [5, 5.41) is 3.11. The maximum absolute atomic E-state index is 6.26. The molecule has 8 heteroatoms. The monoisotopic (exact) mass is 385 g/mol. The van der Waals surface area contributed by atoms with Gasteiger partial charge in [-0.25, -0.2) is 15.0 Å². The number of thiazole rings is 1. The summed E-state index contributed by atoms with van der Waals surface area (Å²) in [5.74, 6) is 1.70. The molecule has 144 valence electrons. The zero-order valence-corrected chi connectivity index (χ0v) is 16.4. The zero-order valence-electron chi connectivity index (χ0n) is 15.6. The smallest absolute Gasteiger partial charge is 0.191 e. The molecular formula is C19H27N7S. The van der Waals surface area contributed by atoms with Crippen LogP contribution in [-0.2, 0) is 6.54 Å². The van der Waals surface area contributed by atoms with Gasteiger partial charge in [0.2, 0.25) is 0 Å². The van der Waals surface area contributed by atoms with Crippen LogP contribution in [0.25, 0.3) is 0 Å². The van der Waals surface area contributed by atoms with Gasteiger partial charge in [0.05, 0.1) is 6.54 Å². The predicted octanol–water partition coefficient (Wildman–Crippen LogP) is 2.17. The first kappa shape index (κ1) is 18.0. The van der Waals surface area contributed by atoms with Crippen LogP contribution in [-0.4, -0.2) is 60.1 Å². The number of aromatic nitrogens is 2. The summed E-state index contributed by atoms with van der Waals surface area (Å²) < 4.78 is 0. The van der Waals surface area contributed by atoms with Gasteiger partial charge in [0.1, 0.15) is 5.82 Å². The highest BCUT2D eigenvalue weighted by molar-refractivity contribution is 7.13. The minimum Gasteiger partial charge on any atom is -0.370 e. The summed E-state index contributed by atoms with van der Waals surface area (Å²) in [6.07, 6.45) is 7.58. The molecule has 2 aliphatic rings. The summed E-state index contributed by atoms with van der Waals surface area (Å²) >= 11 is 1.68. The van der Waals surface area contributed by atoms with Gasteiger partial charge < -0.3 is 20.4 Å². The Morgan fingerprint density at radius 1 is 1.00 bits per heavy atom. The van der Waals surface area contributed by atoms with E-state index in [1.165, 1.54) is 19.3 Å². The first-order valence-corrected chi connectivity index (χ1v) is 10.6. The van der Waals surface area contributed by atoms with Gasteiger partial charge in [0.15, 0.2) is 11.1 Å². The van der Waals surface area contributed by atoms with E-state index in [-0.39, 0.29) is 0 Å². The number of pyridine rings is 1. The summed E-state index contributed by atoms with van der Waals surface area (Å²) in [6, 6.07) is 4.19. The second-order valence-electron chi connectivity index (χ2n) is 7.03. The van der Waals surface area contributed by atoms with Crippen LogP contribution in [0.3, 0.4) is 0 Å². The van der Waals surface area contributed by atoms with Gasteiger partial charge in [-0.3, -0.25) is 0 Å². The fraction of sp³-hybridized carbons (Fsp3) is 0.526. The average Bonchev–Trinajstić information content (AvgIpc) is 3.28.